The number of carbonyl (C=O) groups excluding carboxylic acids is 2. The second-order valence-electron chi connectivity index (χ2n) is 8.56. The van der Waals surface area contributed by atoms with Crippen LogP contribution in [0.15, 0.2) is 24.5 Å². The quantitative estimate of drug-likeness (QED) is 0.704. The zero-order chi connectivity index (χ0) is 19.3. The van der Waals surface area contributed by atoms with Crippen molar-refractivity contribution < 1.29 is 14.3 Å². The van der Waals surface area contributed by atoms with Crippen molar-refractivity contribution >= 4 is 11.8 Å². The average molecular weight is 372 g/mol. The van der Waals surface area contributed by atoms with Gasteiger partial charge in [0.2, 0.25) is 11.8 Å². The Labute approximate surface area is 159 Å². The van der Waals surface area contributed by atoms with Gasteiger partial charge in [0.1, 0.15) is 5.60 Å². The Bertz CT molecular complexity index is 786. The van der Waals surface area contributed by atoms with Crippen LogP contribution in [0.5, 0.6) is 0 Å². The van der Waals surface area contributed by atoms with Gasteiger partial charge in [-0.1, -0.05) is 26.0 Å². The molecule has 1 aromatic rings. The van der Waals surface area contributed by atoms with Gasteiger partial charge < -0.3 is 14.5 Å². The number of amides is 2. The summed E-state index contributed by atoms with van der Waals surface area (Å²) in [5, 5.41) is 4.16. The van der Waals surface area contributed by atoms with Crippen LogP contribution in [0.4, 0.5) is 0 Å². The predicted molar refractivity (Wildman–Crippen MR) is 99.4 cm³/mol. The molecule has 1 spiro atoms. The van der Waals surface area contributed by atoms with E-state index in [-0.39, 0.29) is 17.9 Å². The molecular formula is C20H28N4O3. The lowest BCUT2D eigenvalue weighted by molar-refractivity contribution is -0.142. The second kappa shape index (κ2) is 6.48. The molecule has 2 saturated heterocycles. The first-order valence-electron chi connectivity index (χ1n) is 9.69. The number of nitrogens with zero attached hydrogens (tertiary/aromatic N) is 4. The predicted octanol–water partition coefficient (Wildman–Crippen LogP) is 1.21. The fraction of sp³-hybridized carbons (Fsp3) is 0.650. The lowest BCUT2D eigenvalue weighted by atomic mass is 9.76. The van der Waals surface area contributed by atoms with Gasteiger partial charge in [0.25, 0.3) is 0 Å². The lowest BCUT2D eigenvalue weighted by Crippen LogP contribution is -2.44. The third-order valence-electron chi connectivity index (χ3n) is 5.99. The van der Waals surface area contributed by atoms with Crippen molar-refractivity contribution in [3.8, 4) is 0 Å². The van der Waals surface area contributed by atoms with Gasteiger partial charge in [-0.25, -0.2) is 0 Å². The molecule has 7 heteroatoms. The van der Waals surface area contributed by atoms with Crippen molar-refractivity contribution in [3.05, 3.63) is 30.1 Å². The highest BCUT2D eigenvalue weighted by molar-refractivity contribution is 5.93. The summed E-state index contributed by atoms with van der Waals surface area (Å²) in [5.74, 6) is -0.266. The third kappa shape index (κ3) is 2.98. The van der Waals surface area contributed by atoms with E-state index in [4.69, 9.17) is 4.74 Å². The fourth-order valence-electron chi connectivity index (χ4n) is 4.62. The maximum absolute atomic E-state index is 13.2. The van der Waals surface area contributed by atoms with Crippen LogP contribution in [0.25, 0.3) is 0 Å². The van der Waals surface area contributed by atoms with Crippen LogP contribution >= 0.6 is 0 Å². The van der Waals surface area contributed by atoms with Crippen LogP contribution in [0, 0.1) is 17.8 Å². The summed E-state index contributed by atoms with van der Waals surface area (Å²) in [5.41, 5.74) is 0.354. The smallest absolute Gasteiger partial charge is 0.230 e. The number of rotatable bonds is 6. The summed E-state index contributed by atoms with van der Waals surface area (Å²) in [6.07, 6.45) is 8.31. The number of aryl methyl sites for hydroxylation is 1. The minimum atomic E-state index is -0.617. The number of hydrogen-bond donors (Lipinski definition) is 0. The molecule has 4 atom stereocenters. The van der Waals surface area contributed by atoms with E-state index in [1.54, 1.807) is 22.8 Å². The van der Waals surface area contributed by atoms with Crippen LogP contribution in [0.2, 0.25) is 0 Å². The number of likely N-dealkylation sites (tertiary alicyclic amines) is 1. The van der Waals surface area contributed by atoms with Crippen LogP contribution in [-0.2, 0) is 27.9 Å². The molecule has 4 rings (SSSR count). The van der Waals surface area contributed by atoms with Gasteiger partial charge in [-0.2, -0.15) is 5.10 Å². The Morgan fingerprint density at radius 2 is 2.26 bits per heavy atom. The standard InChI is InChI=1S/C20H28N4O3/c1-13(2)6-8-24-12-20-7-5-15(27-20)16(17(20)19(24)26)18(25)22(3)10-14-9-21-23(4)11-14/h5,7,9,11,13,15-17H,6,8,10,12H2,1-4H3/t15-,16?,17?,20-/m0/s1. The highest BCUT2D eigenvalue weighted by atomic mass is 16.5. The van der Waals surface area contributed by atoms with Crippen molar-refractivity contribution in [2.75, 3.05) is 20.1 Å². The lowest BCUT2D eigenvalue weighted by Gasteiger charge is -2.27. The normalized spacial score (nSPS) is 31.2. The number of ether oxygens (including phenoxy) is 1. The molecule has 2 unspecified atom stereocenters. The van der Waals surface area contributed by atoms with E-state index < -0.39 is 17.4 Å². The molecule has 1 aromatic heterocycles. The van der Waals surface area contributed by atoms with Crippen molar-refractivity contribution in [2.24, 2.45) is 24.8 Å². The van der Waals surface area contributed by atoms with E-state index in [0.717, 1.165) is 18.5 Å². The van der Waals surface area contributed by atoms with E-state index in [1.807, 2.05) is 30.3 Å². The monoisotopic (exact) mass is 372 g/mol. The Morgan fingerprint density at radius 3 is 2.93 bits per heavy atom. The van der Waals surface area contributed by atoms with Gasteiger partial charge in [0, 0.05) is 38.9 Å². The zero-order valence-corrected chi connectivity index (χ0v) is 16.5. The number of fused-ring (bicyclic) bond motifs is 1. The molecule has 146 valence electrons. The molecule has 0 N–H and O–H groups in total. The van der Waals surface area contributed by atoms with Gasteiger partial charge in [-0.3, -0.25) is 14.3 Å². The molecule has 0 aromatic carbocycles. The Morgan fingerprint density at radius 1 is 1.48 bits per heavy atom. The fourth-order valence-corrected chi connectivity index (χ4v) is 4.62. The molecule has 7 nitrogen and oxygen atoms in total. The molecule has 2 fully saturated rings. The van der Waals surface area contributed by atoms with E-state index >= 15 is 0 Å². The first-order chi connectivity index (χ1) is 12.8. The minimum absolute atomic E-state index is 0.0286. The molecule has 27 heavy (non-hydrogen) atoms. The van der Waals surface area contributed by atoms with Crippen molar-refractivity contribution in [2.45, 2.75) is 38.5 Å². The van der Waals surface area contributed by atoms with E-state index in [0.29, 0.717) is 19.0 Å². The molecule has 0 aliphatic carbocycles. The van der Waals surface area contributed by atoms with E-state index in [9.17, 15) is 9.59 Å². The zero-order valence-electron chi connectivity index (χ0n) is 16.5. The van der Waals surface area contributed by atoms with Gasteiger partial charge in [-0.15, -0.1) is 0 Å². The maximum atomic E-state index is 13.2. The van der Waals surface area contributed by atoms with Crippen molar-refractivity contribution in [3.63, 3.8) is 0 Å². The molecule has 0 radical (unpaired) electrons. The highest BCUT2D eigenvalue weighted by Crippen LogP contribution is 2.52. The summed E-state index contributed by atoms with van der Waals surface area (Å²) in [6.45, 7) is 6.07. The first kappa shape index (κ1) is 18.2. The van der Waals surface area contributed by atoms with Gasteiger partial charge in [0.15, 0.2) is 0 Å². The SMILES string of the molecule is CC(C)CCN1C[C@]23C=C[C@H](O2)C(C(=O)N(C)Cc2cnn(C)c2)C3C1=O. The molecule has 2 bridgehead atoms. The third-order valence-corrected chi connectivity index (χ3v) is 5.99. The Balaban J connectivity index is 1.51. The van der Waals surface area contributed by atoms with Crippen molar-refractivity contribution in [1.29, 1.82) is 0 Å². The first-order valence-corrected chi connectivity index (χ1v) is 9.69. The number of hydrogen-bond acceptors (Lipinski definition) is 4. The Kier molecular flexibility index (Phi) is 4.37. The van der Waals surface area contributed by atoms with Crippen LogP contribution < -0.4 is 0 Å². The number of aromatic nitrogens is 2. The Hall–Kier alpha value is -2.15. The molecule has 3 aliphatic rings. The van der Waals surface area contributed by atoms with Crippen molar-refractivity contribution in [1.82, 2.24) is 19.6 Å². The minimum Gasteiger partial charge on any atom is -0.360 e. The van der Waals surface area contributed by atoms with Crippen LogP contribution in [0.3, 0.4) is 0 Å². The summed E-state index contributed by atoms with van der Waals surface area (Å²) in [6, 6.07) is 0. The molecule has 0 saturated carbocycles. The van der Waals surface area contributed by atoms with Gasteiger partial charge in [-0.05, 0) is 12.3 Å². The molecule has 2 amide bonds. The van der Waals surface area contributed by atoms with Gasteiger partial charge >= 0.3 is 0 Å². The van der Waals surface area contributed by atoms with E-state index in [2.05, 4.69) is 18.9 Å². The summed E-state index contributed by atoms with van der Waals surface area (Å²) in [4.78, 5) is 29.9. The van der Waals surface area contributed by atoms with Crippen LogP contribution in [0.1, 0.15) is 25.8 Å². The molecular weight excluding hydrogens is 344 g/mol. The van der Waals surface area contributed by atoms with Gasteiger partial charge in [0.05, 0.1) is 30.7 Å². The maximum Gasteiger partial charge on any atom is 0.230 e. The molecule has 4 heterocycles. The summed E-state index contributed by atoms with van der Waals surface area (Å²) in [7, 11) is 3.64. The topological polar surface area (TPSA) is 67.7 Å². The molecule has 3 aliphatic heterocycles. The summed E-state index contributed by atoms with van der Waals surface area (Å²) >= 11 is 0. The second-order valence-corrected chi connectivity index (χ2v) is 8.56. The largest absolute Gasteiger partial charge is 0.360 e. The summed E-state index contributed by atoms with van der Waals surface area (Å²) < 4.78 is 7.91. The van der Waals surface area contributed by atoms with Crippen LogP contribution in [-0.4, -0.2) is 63.2 Å². The highest BCUT2D eigenvalue weighted by Gasteiger charge is 2.66. The average Bonchev–Trinajstić information content (AvgIpc) is 3.34. The number of carbonyl (C=O) groups is 2. The van der Waals surface area contributed by atoms with E-state index in [1.165, 1.54) is 0 Å².